The van der Waals surface area contributed by atoms with E-state index >= 15 is 0 Å². The molecule has 1 saturated heterocycles. The lowest BCUT2D eigenvalue weighted by atomic mass is 9.87. The molecule has 0 spiro atoms. The van der Waals surface area contributed by atoms with E-state index < -0.39 is 5.41 Å². The van der Waals surface area contributed by atoms with Crippen molar-refractivity contribution in [2.24, 2.45) is 5.41 Å². The smallest absolute Gasteiger partial charge is 0.313 e. The van der Waals surface area contributed by atoms with Gasteiger partial charge in [0.25, 0.3) is 0 Å². The van der Waals surface area contributed by atoms with Crippen molar-refractivity contribution >= 4 is 11.7 Å². The molecule has 0 aliphatic carbocycles. The Bertz CT molecular complexity index is 411. The number of methoxy groups -OCH3 is 1. The molecule has 92 valence electrons. The van der Waals surface area contributed by atoms with Crippen molar-refractivity contribution in [3.8, 4) is 5.75 Å². The highest BCUT2D eigenvalue weighted by Gasteiger charge is 2.44. The van der Waals surface area contributed by atoms with E-state index in [1.54, 1.807) is 7.11 Å². The van der Waals surface area contributed by atoms with Crippen LogP contribution in [0.15, 0.2) is 24.3 Å². The topological polar surface area (TPSA) is 47.6 Å². The molecule has 1 N–H and O–H groups in total. The number of ether oxygens (including phenoxy) is 2. The van der Waals surface area contributed by atoms with Crippen LogP contribution in [0.4, 0.5) is 5.69 Å². The second-order valence-electron chi connectivity index (χ2n) is 4.75. The van der Waals surface area contributed by atoms with Crippen LogP contribution < -0.4 is 10.1 Å². The Morgan fingerprint density at radius 2 is 2.00 bits per heavy atom. The van der Waals surface area contributed by atoms with Crippen molar-refractivity contribution in [2.75, 3.05) is 19.0 Å². The van der Waals surface area contributed by atoms with Crippen molar-refractivity contribution in [3.63, 3.8) is 0 Å². The minimum absolute atomic E-state index is 0.00314. The van der Waals surface area contributed by atoms with Gasteiger partial charge in [-0.05, 0) is 38.1 Å². The Morgan fingerprint density at radius 1 is 1.35 bits per heavy atom. The summed E-state index contributed by atoms with van der Waals surface area (Å²) in [7, 11) is 1.63. The molecule has 0 radical (unpaired) electrons. The molecule has 1 aromatic rings. The van der Waals surface area contributed by atoms with Gasteiger partial charge < -0.3 is 14.8 Å². The first-order chi connectivity index (χ1) is 8.04. The Labute approximate surface area is 101 Å². The Morgan fingerprint density at radius 3 is 2.47 bits per heavy atom. The van der Waals surface area contributed by atoms with E-state index in [1.807, 2.05) is 38.1 Å². The van der Waals surface area contributed by atoms with E-state index in [0.717, 1.165) is 11.4 Å². The van der Waals surface area contributed by atoms with Crippen LogP contribution in [0.3, 0.4) is 0 Å². The van der Waals surface area contributed by atoms with Crippen LogP contribution in [0, 0.1) is 5.41 Å². The average Bonchev–Trinajstić information content (AvgIpc) is 2.57. The minimum Gasteiger partial charge on any atom is -0.497 e. The maximum Gasteiger partial charge on any atom is 0.313 e. The van der Waals surface area contributed by atoms with Crippen LogP contribution in [0.5, 0.6) is 5.75 Å². The molecule has 0 bridgehead atoms. The van der Waals surface area contributed by atoms with Gasteiger partial charge in [0.2, 0.25) is 0 Å². The van der Waals surface area contributed by atoms with Gasteiger partial charge in [-0.25, -0.2) is 0 Å². The molecule has 0 saturated carbocycles. The van der Waals surface area contributed by atoms with Crippen LogP contribution in [0.2, 0.25) is 0 Å². The molecule has 4 heteroatoms. The van der Waals surface area contributed by atoms with Gasteiger partial charge in [0.15, 0.2) is 0 Å². The number of rotatable bonds is 3. The second kappa shape index (κ2) is 4.28. The van der Waals surface area contributed by atoms with Gasteiger partial charge >= 0.3 is 5.97 Å². The van der Waals surface area contributed by atoms with Gasteiger partial charge in [-0.3, -0.25) is 4.79 Å². The normalized spacial score (nSPS) is 22.1. The van der Waals surface area contributed by atoms with Crippen molar-refractivity contribution < 1.29 is 14.3 Å². The zero-order valence-corrected chi connectivity index (χ0v) is 10.3. The number of nitrogens with one attached hydrogen (secondary N) is 1. The Balaban J connectivity index is 2.08. The number of hydrogen-bond donors (Lipinski definition) is 1. The molecular formula is C13H17NO3. The lowest BCUT2D eigenvalue weighted by Gasteiger charge is -2.23. The monoisotopic (exact) mass is 235 g/mol. The van der Waals surface area contributed by atoms with Gasteiger partial charge in [0.1, 0.15) is 12.4 Å². The summed E-state index contributed by atoms with van der Waals surface area (Å²) in [6, 6.07) is 7.62. The van der Waals surface area contributed by atoms with E-state index in [9.17, 15) is 4.79 Å². The summed E-state index contributed by atoms with van der Waals surface area (Å²) in [5, 5.41) is 3.31. The molecule has 1 aliphatic heterocycles. The molecule has 1 aliphatic rings. The highest BCUT2D eigenvalue weighted by Crippen LogP contribution is 2.31. The fourth-order valence-electron chi connectivity index (χ4n) is 1.81. The lowest BCUT2D eigenvalue weighted by molar-refractivity contribution is -0.144. The molecular weight excluding hydrogens is 218 g/mol. The first kappa shape index (κ1) is 11.8. The van der Waals surface area contributed by atoms with Crippen molar-refractivity contribution in [2.45, 2.75) is 19.9 Å². The van der Waals surface area contributed by atoms with Crippen LogP contribution >= 0.6 is 0 Å². The molecule has 1 atom stereocenters. The van der Waals surface area contributed by atoms with Gasteiger partial charge in [-0.2, -0.15) is 0 Å². The zero-order chi connectivity index (χ0) is 12.5. The summed E-state index contributed by atoms with van der Waals surface area (Å²) in [5.41, 5.74) is 0.474. The van der Waals surface area contributed by atoms with E-state index in [0.29, 0.717) is 6.61 Å². The SMILES string of the molecule is COc1ccc(NC2COC(=O)C2(C)C)cc1. The summed E-state index contributed by atoms with van der Waals surface area (Å²) in [4.78, 5) is 11.5. The third-order valence-electron chi connectivity index (χ3n) is 3.21. The molecule has 2 rings (SSSR count). The van der Waals surface area contributed by atoms with Crippen LogP contribution in [0.25, 0.3) is 0 Å². The highest BCUT2D eigenvalue weighted by molar-refractivity contribution is 5.80. The molecule has 4 nitrogen and oxygen atoms in total. The number of hydrogen-bond acceptors (Lipinski definition) is 4. The van der Waals surface area contributed by atoms with E-state index in [4.69, 9.17) is 9.47 Å². The number of anilines is 1. The molecule has 1 fully saturated rings. The third-order valence-corrected chi connectivity index (χ3v) is 3.21. The summed E-state index contributed by atoms with van der Waals surface area (Å²) in [6.45, 7) is 4.20. The summed E-state index contributed by atoms with van der Waals surface area (Å²) < 4.78 is 10.2. The maximum atomic E-state index is 11.5. The Kier molecular flexibility index (Phi) is 2.96. The molecule has 1 heterocycles. The first-order valence-electron chi connectivity index (χ1n) is 5.62. The number of carbonyl (C=O) groups is 1. The highest BCUT2D eigenvalue weighted by atomic mass is 16.5. The molecule has 1 unspecified atom stereocenters. The standard InChI is InChI=1S/C13H17NO3/c1-13(2)11(8-17-12(13)15)14-9-4-6-10(16-3)7-5-9/h4-7,11,14H,8H2,1-3H3. The summed E-state index contributed by atoms with van der Waals surface area (Å²) in [6.07, 6.45) is 0. The quantitative estimate of drug-likeness (QED) is 0.815. The largest absolute Gasteiger partial charge is 0.497 e. The third kappa shape index (κ3) is 2.20. The summed E-state index contributed by atoms with van der Waals surface area (Å²) >= 11 is 0. The molecule has 0 aromatic heterocycles. The van der Waals surface area contributed by atoms with Gasteiger partial charge in [0, 0.05) is 5.69 Å². The van der Waals surface area contributed by atoms with E-state index in [1.165, 1.54) is 0 Å². The minimum atomic E-state index is -0.486. The number of carbonyl (C=O) groups excluding carboxylic acids is 1. The second-order valence-corrected chi connectivity index (χ2v) is 4.75. The number of esters is 1. The predicted molar refractivity (Wildman–Crippen MR) is 65.1 cm³/mol. The fourth-order valence-corrected chi connectivity index (χ4v) is 1.81. The van der Waals surface area contributed by atoms with Gasteiger partial charge in [-0.1, -0.05) is 0 Å². The lowest BCUT2D eigenvalue weighted by Crippen LogP contribution is -2.36. The Hall–Kier alpha value is -1.71. The predicted octanol–water partition coefficient (Wildman–Crippen LogP) is 2.06. The van der Waals surface area contributed by atoms with E-state index in [-0.39, 0.29) is 12.0 Å². The van der Waals surface area contributed by atoms with Crippen LogP contribution in [0.1, 0.15) is 13.8 Å². The van der Waals surface area contributed by atoms with Crippen molar-refractivity contribution in [1.82, 2.24) is 0 Å². The average molecular weight is 235 g/mol. The zero-order valence-electron chi connectivity index (χ0n) is 10.3. The van der Waals surface area contributed by atoms with Crippen molar-refractivity contribution in [1.29, 1.82) is 0 Å². The molecule has 0 amide bonds. The van der Waals surface area contributed by atoms with Gasteiger partial charge in [0.05, 0.1) is 18.6 Å². The number of benzene rings is 1. The van der Waals surface area contributed by atoms with Crippen molar-refractivity contribution in [3.05, 3.63) is 24.3 Å². The van der Waals surface area contributed by atoms with Gasteiger partial charge in [-0.15, -0.1) is 0 Å². The van der Waals surface area contributed by atoms with E-state index in [2.05, 4.69) is 5.32 Å². The molecule has 17 heavy (non-hydrogen) atoms. The molecule has 1 aromatic carbocycles. The van der Waals surface area contributed by atoms with Crippen LogP contribution in [-0.2, 0) is 9.53 Å². The van der Waals surface area contributed by atoms with Crippen LogP contribution in [-0.4, -0.2) is 25.7 Å². The first-order valence-corrected chi connectivity index (χ1v) is 5.62. The fraction of sp³-hybridized carbons (Fsp3) is 0.462. The summed E-state index contributed by atoms with van der Waals surface area (Å²) in [5.74, 6) is 0.664. The number of cyclic esters (lactones) is 1. The maximum absolute atomic E-state index is 11.5.